The Morgan fingerprint density at radius 1 is 0.727 bits per heavy atom. The summed E-state index contributed by atoms with van der Waals surface area (Å²) in [5.74, 6) is 3.25. The van der Waals surface area contributed by atoms with Gasteiger partial charge in [0.25, 0.3) is 0 Å². The van der Waals surface area contributed by atoms with E-state index in [1.165, 1.54) is 5.56 Å². The molecule has 0 fully saturated rings. The molecule has 0 radical (unpaired) electrons. The zero-order chi connectivity index (χ0) is 30.4. The number of fused-ring (bicyclic) bond motifs is 4. The number of benzene rings is 5. The molecule has 2 aliphatic heterocycles. The quantitative estimate of drug-likeness (QED) is 0.168. The van der Waals surface area contributed by atoms with Crippen LogP contribution >= 0.6 is 6.04 Å². The Bertz CT molecular complexity index is 1770. The third kappa shape index (κ3) is 4.84. The number of rotatable bonds is 8. The van der Waals surface area contributed by atoms with E-state index in [-0.39, 0.29) is 6.04 Å². The van der Waals surface area contributed by atoms with Crippen molar-refractivity contribution >= 4 is 39.4 Å². The predicted molar refractivity (Wildman–Crippen MR) is 189 cm³/mol. The molecule has 6 heteroatoms. The van der Waals surface area contributed by atoms with Gasteiger partial charge in [0.15, 0.2) is 0 Å². The lowest BCUT2D eigenvalue weighted by molar-refractivity contribution is 0.469. The van der Waals surface area contributed by atoms with Crippen LogP contribution in [0.2, 0.25) is 0 Å². The van der Waals surface area contributed by atoms with Gasteiger partial charge < -0.3 is 20.5 Å². The van der Waals surface area contributed by atoms with Crippen LogP contribution in [0.25, 0.3) is 22.3 Å². The highest BCUT2D eigenvalue weighted by Crippen LogP contribution is 2.61. The van der Waals surface area contributed by atoms with Gasteiger partial charge in [0.05, 0.1) is 11.3 Å². The van der Waals surface area contributed by atoms with E-state index in [0.717, 1.165) is 86.1 Å². The Labute approximate surface area is 265 Å². The van der Waals surface area contributed by atoms with E-state index in [1.54, 1.807) is 0 Å². The molecular formula is C38H37N2O2PS. The zero-order valence-corrected chi connectivity index (χ0v) is 27.1. The van der Waals surface area contributed by atoms with Gasteiger partial charge in [0.2, 0.25) is 0 Å². The van der Waals surface area contributed by atoms with Gasteiger partial charge in [-0.15, -0.1) is 0 Å². The largest absolute Gasteiger partial charge is 0.455 e. The standard InChI is InChI=1S/C38H37N2O2PS/c1-4-24(3)40-29-20-18-27(19-21-29)31-23-30(26-16-14-25(15-17-26)22-28(39)5-2)36-38-37(31)42-33-11-7-9-13-35(33)43(38,44)34-12-8-6-10-32(34)41-36/h6-21,23-24,28,40H,4-5,22,39H2,1-3H3. The molecule has 0 saturated heterocycles. The van der Waals surface area contributed by atoms with Crippen molar-refractivity contribution in [3.05, 3.63) is 109 Å². The van der Waals surface area contributed by atoms with Crippen molar-refractivity contribution in [2.45, 2.75) is 52.1 Å². The van der Waals surface area contributed by atoms with Gasteiger partial charge >= 0.3 is 0 Å². The molecule has 222 valence electrons. The van der Waals surface area contributed by atoms with Crippen molar-refractivity contribution in [3.8, 4) is 45.3 Å². The zero-order valence-electron chi connectivity index (χ0n) is 25.3. The lowest BCUT2D eigenvalue weighted by atomic mass is 9.95. The Morgan fingerprint density at radius 2 is 1.25 bits per heavy atom. The van der Waals surface area contributed by atoms with E-state index in [9.17, 15) is 0 Å². The first-order valence-electron chi connectivity index (χ1n) is 15.5. The molecule has 4 nitrogen and oxygen atoms in total. The van der Waals surface area contributed by atoms with Crippen molar-refractivity contribution in [2.24, 2.45) is 5.73 Å². The number of ether oxygens (including phenoxy) is 2. The second-order valence-corrected chi connectivity index (χ2v) is 16.1. The normalized spacial score (nSPS) is 17.3. The lowest BCUT2D eigenvalue weighted by Gasteiger charge is -2.39. The molecule has 0 aromatic heterocycles. The number of anilines is 1. The first kappa shape index (κ1) is 28.9. The predicted octanol–water partition coefficient (Wildman–Crippen LogP) is 8.48. The fraction of sp³-hybridized carbons (Fsp3) is 0.211. The van der Waals surface area contributed by atoms with Crippen molar-refractivity contribution in [1.29, 1.82) is 0 Å². The van der Waals surface area contributed by atoms with Gasteiger partial charge in [0.1, 0.15) is 23.0 Å². The molecule has 0 spiro atoms. The van der Waals surface area contributed by atoms with Gasteiger partial charge in [0, 0.05) is 39.5 Å². The van der Waals surface area contributed by atoms with Crippen LogP contribution in [0.15, 0.2) is 103 Å². The first-order chi connectivity index (χ1) is 21.4. The fourth-order valence-electron chi connectivity index (χ4n) is 6.15. The molecular weight excluding hydrogens is 579 g/mol. The maximum absolute atomic E-state index is 6.87. The Balaban J connectivity index is 1.47. The van der Waals surface area contributed by atoms with Crippen LogP contribution in [0.5, 0.6) is 23.0 Å². The molecule has 2 heterocycles. The molecule has 0 aliphatic carbocycles. The molecule has 5 aromatic rings. The smallest absolute Gasteiger partial charge is 0.148 e. The number of nitrogens with one attached hydrogen (secondary N) is 1. The summed E-state index contributed by atoms with van der Waals surface area (Å²) in [5.41, 5.74) is 12.8. The van der Waals surface area contributed by atoms with E-state index < -0.39 is 6.04 Å². The molecule has 7 rings (SSSR count). The summed E-state index contributed by atoms with van der Waals surface area (Å²) in [4.78, 5) is 0. The molecule has 0 saturated carbocycles. The molecule has 44 heavy (non-hydrogen) atoms. The summed E-state index contributed by atoms with van der Waals surface area (Å²) >= 11 is 6.87. The first-order valence-corrected chi connectivity index (χ1v) is 18.3. The molecule has 3 atom stereocenters. The summed E-state index contributed by atoms with van der Waals surface area (Å²) < 4.78 is 13.6. The maximum atomic E-state index is 6.87. The van der Waals surface area contributed by atoms with Gasteiger partial charge in [-0.25, -0.2) is 0 Å². The summed E-state index contributed by atoms with van der Waals surface area (Å²) in [6.45, 7) is 6.52. The van der Waals surface area contributed by atoms with Gasteiger partial charge in [-0.05, 0) is 85.3 Å². The van der Waals surface area contributed by atoms with E-state index >= 15 is 0 Å². The highest BCUT2D eigenvalue weighted by atomic mass is 32.4. The molecule has 0 amide bonds. The SMILES string of the molecule is CCC(N)Cc1ccc(-c2cc(-c3ccc(NC(C)CC)cc3)c3c4c2Oc2ccccc2P4(=S)c2ccccc2O3)cc1. The van der Waals surface area contributed by atoms with E-state index in [2.05, 4.69) is 105 Å². The van der Waals surface area contributed by atoms with Crippen LogP contribution in [-0.2, 0) is 18.2 Å². The van der Waals surface area contributed by atoms with Crippen molar-refractivity contribution in [1.82, 2.24) is 0 Å². The lowest BCUT2D eigenvalue weighted by Crippen LogP contribution is -2.35. The topological polar surface area (TPSA) is 56.5 Å². The fourth-order valence-corrected chi connectivity index (χ4v) is 10.7. The molecule has 5 aromatic carbocycles. The number of hydrogen-bond acceptors (Lipinski definition) is 5. The second kappa shape index (κ2) is 11.6. The van der Waals surface area contributed by atoms with Gasteiger partial charge in [-0.1, -0.05) is 86.3 Å². The van der Waals surface area contributed by atoms with Crippen molar-refractivity contribution < 1.29 is 9.47 Å². The summed E-state index contributed by atoms with van der Waals surface area (Å²) in [6.07, 6.45) is 2.86. The Hall–Kier alpha value is -3.89. The van der Waals surface area contributed by atoms with E-state index in [1.807, 2.05) is 24.3 Å². The minimum atomic E-state index is -2.52. The average molecular weight is 617 g/mol. The second-order valence-electron chi connectivity index (χ2n) is 11.8. The highest BCUT2D eigenvalue weighted by molar-refractivity contribution is 8.26. The van der Waals surface area contributed by atoms with Crippen LogP contribution < -0.4 is 36.4 Å². The van der Waals surface area contributed by atoms with Crippen LogP contribution in [0.4, 0.5) is 5.69 Å². The third-order valence-electron chi connectivity index (χ3n) is 8.86. The molecule has 3 unspecified atom stereocenters. The average Bonchev–Trinajstić information content (AvgIpc) is 3.06. The van der Waals surface area contributed by atoms with Crippen LogP contribution in [-0.4, -0.2) is 12.1 Å². The minimum Gasteiger partial charge on any atom is -0.455 e. The van der Waals surface area contributed by atoms with E-state index in [4.69, 9.17) is 27.0 Å². The van der Waals surface area contributed by atoms with Gasteiger partial charge in [-0.3, -0.25) is 0 Å². The molecule has 2 aliphatic rings. The van der Waals surface area contributed by atoms with Crippen molar-refractivity contribution in [3.63, 3.8) is 0 Å². The minimum absolute atomic E-state index is 0.151. The molecule has 0 bridgehead atoms. The molecule has 3 N–H and O–H groups in total. The number of nitrogens with two attached hydrogens (primary N) is 1. The maximum Gasteiger partial charge on any atom is 0.148 e. The highest BCUT2D eigenvalue weighted by Gasteiger charge is 2.44. The number of para-hydroxylation sites is 2. The number of hydrogen-bond donors (Lipinski definition) is 2. The Kier molecular flexibility index (Phi) is 7.58. The van der Waals surface area contributed by atoms with Gasteiger partial charge in [-0.2, -0.15) is 0 Å². The van der Waals surface area contributed by atoms with E-state index in [0.29, 0.717) is 6.04 Å². The van der Waals surface area contributed by atoms with Crippen LogP contribution in [0, 0.1) is 0 Å². The van der Waals surface area contributed by atoms with Crippen LogP contribution in [0.3, 0.4) is 0 Å². The third-order valence-corrected chi connectivity index (χ3v) is 13.7. The summed E-state index contributed by atoms with van der Waals surface area (Å²) in [7, 11) is 0. The summed E-state index contributed by atoms with van der Waals surface area (Å²) in [5, 5.41) is 6.72. The monoisotopic (exact) mass is 616 g/mol. The summed E-state index contributed by atoms with van der Waals surface area (Å²) in [6, 6.07) is 34.2. The van der Waals surface area contributed by atoms with Crippen molar-refractivity contribution in [2.75, 3.05) is 5.32 Å². The van der Waals surface area contributed by atoms with Crippen LogP contribution in [0.1, 0.15) is 39.2 Å². The Morgan fingerprint density at radius 3 is 1.77 bits per heavy atom.